The average molecular weight is 508 g/mol. The molecule has 0 saturated heterocycles. The summed E-state index contributed by atoms with van der Waals surface area (Å²) in [6.07, 6.45) is 2.10. The smallest absolute Gasteiger partial charge is 0.355 e. The normalized spacial score (nSPS) is 11.1. The lowest BCUT2D eigenvalue weighted by Gasteiger charge is -2.13. The molecule has 9 heteroatoms. The van der Waals surface area contributed by atoms with Gasteiger partial charge in [-0.25, -0.2) is 9.18 Å². The van der Waals surface area contributed by atoms with Gasteiger partial charge in [-0.3, -0.25) is 4.79 Å². The van der Waals surface area contributed by atoms with Gasteiger partial charge in [-0.1, -0.05) is 6.07 Å². The maximum Gasteiger partial charge on any atom is 0.355 e. The first-order valence-corrected chi connectivity index (χ1v) is 12.0. The number of rotatable bonds is 10. The maximum atomic E-state index is 13.4. The van der Waals surface area contributed by atoms with E-state index in [1.54, 1.807) is 50.8 Å². The van der Waals surface area contributed by atoms with Crippen LogP contribution in [-0.4, -0.2) is 47.9 Å². The van der Waals surface area contributed by atoms with Gasteiger partial charge in [0.1, 0.15) is 18.1 Å². The van der Waals surface area contributed by atoms with Gasteiger partial charge in [-0.15, -0.1) is 0 Å². The average Bonchev–Trinajstić information content (AvgIpc) is 3.44. The number of carbonyl (C=O) groups excluding carboxylic acids is 2. The van der Waals surface area contributed by atoms with Gasteiger partial charge in [0.25, 0.3) is 0 Å². The fourth-order valence-electron chi connectivity index (χ4n) is 4.17. The summed E-state index contributed by atoms with van der Waals surface area (Å²) in [5.74, 6) is 0.164. The zero-order valence-corrected chi connectivity index (χ0v) is 21.3. The van der Waals surface area contributed by atoms with E-state index in [0.717, 1.165) is 11.3 Å². The Bertz CT molecular complexity index is 1410. The number of methoxy groups -OCH3 is 2. The maximum absolute atomic E-state index is 13.4. The van der Waals surface area contributed by atoms with Gasteiger partial charge >= 0.3 is 5.97 Å². The molecule has 8 nitrogen and oxygen atoms in total. The Morgan fingerprint density at radius 3 is 2.35 bits per heavy atom. The highest BCUT2D eigenvalue weighted by atomic mass is 19.1. The fourth-order valence-corrected chi connectivity index (χ4v) is 4.17. The second-order valence-corrected chi connectivity index (χ2v) is 8.79. The number of nitrogens with zero attached hydrogens (tertiary/aromatic N) is 2. The number of fused-ring (bicyclic) bond motifs is 1. The number of hydrogen-bond acceptors (Lipinski definition) is 5. The van der Waals surface area contributed by atoms with Gasteiger partial charge < -0.3 is 28.7 Å². The van der Waals surface area contributed by atoms with Crippen LogP contribution in [0.4, 0.5) is 4.39 Å². The first-order chi connectivity index (χ1) is 17.8. The summed E-state index contributed by atoms with van der Waals surface area (Å²) in [6, 6.07) is 15.2. The van der Waals surface area contributed by atoms with Gasteiger partial charge in [0.2, 0.25) is 5.91 Å². The topological polar surface area (TPSA) is 83.7 Å². The van der Waals surface area contributed by atoms with E-state index in [0.29, 0.717) is 35.5 Å². The number of hydrogen-bond donors (Lipinski definition) is 1. The molecule has 0 spiro atoms. The zero-order chi connectivity index (χ0) is 26.5. The molecule has 0 radical (unpaired) electrons. The van der Waals surface area contributed by atoms with Crippen LogP contribution in [-0.2, 0) is 22.5 Å². The molecule has 0 aliphatic carbocycles. The molecule has 2 aromatic carbocycles. The third-order valence-corrected chi connectivity index (χ3v) is 5.90. The van der Waals surface area contributed by atoms with Crippen molar-refractivity contribution in [3.63, 3.8) is 0 Å². The Labute approximate surface area is 214 Å². The molecule has 2 aromatic heterocycles. The van der Waals surface area contributed by atoms with Crippen molar-refractivity contribution in [2.45, 2.75) is 32.9 Å². The molecule has 4 rings (SSSR count). The number of ether oxygens (including phenoxy) is 3. The number of benzene rings is 2. The van der Waals surface area contributed by atoms with E-state index in [9.17, 15) is 14.0 Å². The molecule has 0 aliphatic heterocycles. The van der Waals surface area contributed by atoms with Crippen LogP contribution in [0.1, 0.15) is 29.9 Å². The van der Waals surface area contributed by atoms with Gasteiger partial charge in [0, 0.05) is 18.4 Å². The fraction of sp³-hybridized carbons (Fsp3) is 0.286. The van der Waals surface area contributed by atoms with Crippen LogP contribution < -0.4 is 14.8 Å². The van der Waals surface area contributed by atoms with Crippen molar-refractivity contribution in [2.24, 2.45) is 0 Å². The van der Waals surface area contributed by atoms with Crippen molar-refractivity contribution in [1.29, 1.82) is 0 Å². The van der Waals surface area contributed by atoms with Crippen LogP contribution in [0.5, 0.6) is 11.5 Å². The van der Waals surface area contributed by atoms with E-state index in [2.05, 4.69) is 5.32 Å². The van der Waals surface area contributed by atoms with E-state index in [1.165, 1.54) is 12.1 Å². The molecule has 1 N–H and O–H groups in total. The van der Waals surface area contributed by atoms with Crippen molar-refractivity contribution >= 4 is 22.9 Å². The number of halogens is 1. The molecular formula is C28H30FN3O5. The SMILES string of the molecule is COc1ccc(CCNC(=O)Cn2c(C(=O)OC(C)C)cc3c2ccn3-c2ccc(F)cc2)cc1OC. The minimum absolute atomic E-state index is 0.0641. The quantitative estimate of drug-likeness (QED) is 0.319. The van der Waals surface area contributed by atoms with Crippen molar-refractivity contribution < 1.29 is 28.2 Å². The highest BCUT2D eigenvalue weighted by Crippen LogP contribution is 2.28. The third kappa shape index (κ3) is 5.77. The van der Waals surface area contributed by atoms with Gasteiger partial charge in [0.05, 0.1) is 31.4 Å². The Balaban J connectivity index is 1.54. The Hall–Kier alpha value is -4.27. The molecule has 0 unspecified atom stereocenters. The minimum atomic E-state index is -0.519. The first-order valence-electron chi connectivity index (χ1n) is 12.0. The summed E-state index contributed by atoms with van der Waals surface area (Å²) in [7, 11) is 3.15. The second-order valence-electron chi connectivity index (χ2n) is 8.79. The standard InChI is InChI=1S/C28H30FN3O5/c1-18(2)37-28(34)24-16-23-22(12-14-31(23)21-8-6-20(29)7-9-21)32(24)17-27(33)30-13-11-19-5-10-25(35-3)26(15-19)36-4/h5-10,12,14-16,18H,11,13,17H2,1-4H3,(H,30,33). The van der Waals surface area contributed by atoms with Crippen LogP contribution >= 0.6 is 0 Å². The van der Waals surface area contributed by atoms with Crippen LogP contribution in [0.15, 0.2) is 60.8 Å². The molecule has 194 valence electrons. The lowest BCUT2D eigenvalue weighted by molar-refractivity contribution is -0.121. The van der Waals surface area contributed by atoms with Crippen molar-refractivity contribution in [2.75, 3.05) is 20.8 Å². The molecule has 0 saturated carbocycles. The molecule has 1 amide bonds. The molecular weight excluding hydrogens is 477 g/mol. The predicted octanol–water partition coefficient (Wildman–Crippen LogP) is 4.51. The van der Waals surface area contributed by atoms with Gasteiger partial charge in [-0.05, 0) is 74.4 Å². The van der Waals surface area contributed by atoms with E-state index < -0.39 is 5.97 Å². The molecule has 2 heterocycles. The van der Waals surface area contributed by atoms with Crippen molar-refractivity contribution in [3.8, 4) is 17.2 Å². The van der Waals surface area contributed by atoms with Crippen LogP contribution in [0, 0.1) is 5.82 Å². The Kier molecular flexibility index (Phi) is 7.81. The van der Waals surface area contributed by atoms with Crippen LogP contribution in [0.3, 0.4) is 0 Å². The molecule has 0 aliphatic rings. The van der Waals surface area contributed by atoms with Gasteiger partial charge in [-0.2, -0.15) is 0 Å². The second kappa shape index (κ2) is 11.2. The van der Waals surface area contributed by atoms with Gasteiger partial charge in [0.15, 0.2) is 11.5 Å². The van der Waals surface area contributed by atoms with E-state index in [-0.39, 0.29) is 30.1 Å². The molecule has 37 heavy (non-hydrogen) atoms. The monoisotopic (exact) mass is 507 g/mol. The summed E-state index contributed by atoms with van der Waals surface area (Å²) >= 11 is 0. The number of amides is 1. The summed E-state index contributed by atoms with van der Waals surface area (Å²) in [5, 5.41) is 2.92. The van der Waals surface area contributed by atoms with Crippen LogP contribution in [0.2, 0.25) is 0 Å². The number of esters is 1. The van der Waals surface area contributed by atoms with E-state index in [4.69, 9.17) is 14.2 Å². The third-order valence-electron chi connectivity index (χ3n) is 5.90. The molecule has 0 atom stereocenters. The molecule has 4 aromatic rings. The first kappa shape index (κ1) is 25.8. The largest absolute Gasteiger partial charge is 0.493 e. The van der Waals surface area contributed by atoms with Crippen LogP contribution in [0.25, 0.3) is 16.7 Å². The number of aromatic nitrogens is 2. The minimum Gasteiger partial charge on any atom is -0.493 e. The Morgan fingerprint density at radius 1 is 0.946 bits per heavy atom. The molecule has 0 bridgehead atoms. The summed E-state index contributed by atoms with van der Waals surface area (Å²) in [4.78, 5) is 25.8. The lowest BCUT2D eigenvalue weighted by Crippen LogP contribution is -2.30. The summed E-state index contributed by atoms with van der Waals surface area (Å²) in [5.41, 5.74) is 3.39. The molecule has 0 fully saturated rings. The lowest BCUT2D eigenvalue weighted by atomic mass is 10.1. The predicted molar refractivity (Wildman–Crippen MR) is 138 cm³/mol. The summed E-state index contributed by atoms with van der Waals surface area (Å²) in [6.45, 7) is 3.88. The zero-order valence-electron chi connectivity index (χ0n) is 21.3. The van der Waals surface area contributed by atoms with E-state index >= 15 is 0 Å². The van der Waals surface area contributed by atoms with Crippen molar-refractivity contribution in [1.82, 2.24) is 14.5 Å². The van der Waals surface area contributed by atoms with E-state index in [1.807, 2.05) is 35.0 Å². The van der Waals surface area contributed by atoms with Crippen molar-refractivity contribution in [3.05, 3.63) is 77.9 Å². The summed E-state index contributed by atoms with van der Waals surface area (Å²) < 4.78 is 32.9. The highest BCUT2D eigenvalue weighted by molar-refractivity contribution is 5.96. The number of carbonyl (C=O) groups is 2. The Morgan fingerprint density at radius 2 is 1.68 bits per heavy atom. The highest BCUT2D eigenvalue weighted by Gasteiger charge is 2.22. The number of nitrogens with one attached hydrogen (secondary N) is 1.